The first-order valence-corrected chi connectivity index (χ1v) is 11.5. The molecular formula is C23H21ClF3N5O2S. The molecule has 0 atom stereocenters. The van der Waals surface area contributed by atoms with Gasteiger partial charge in [-0.1, -0.05) is 11.6 Å². The molecule has 0 spiro atoms. The Kier molecular flexibility index (Phi) is 7.76. The van der Waals surface area contributed by atoms with Crippen molar-refractivity contribution in [2.75, 3.05) is 23.3 Å². The van der Waals surface area contributed by atoms with Gasteiger partial charge in [-0.3, -0.25) is 4.98 Å². The molecule has 0 amide bonds. The third kappa shape index (κ3) is 7.33. The number of alkyl halides is 3. The number of pyridine rings is 2. The van der Waals surface area contributed by atoms with Gasteiger partial charge in [-0.15, -0.1) is 13.2 Å². The third-order valence-electron chi connectivity index (χ3n) is 5.16. The van der Waals surface area contributed by atoms with Gasteiger partial charge in [-0.2, -0.15) is 0 Å². The van der Waals surface area contributed by atoms with Crippen molar-refractivity contribution in [2.24, 2.45) is 0 Å². The molecule has 0 bridgehead atoms. The summed E-state index contributed by atoms with van der Waals surface area (Å²) in [6.45, 7) is 1.52. The number of anilines is 2. The van der Waals surface area contributed by atoms with Gasteiger partial charge in [0.05, 0.1) is 16.9 Å². The van der Waals surface area contributed by atoms with Gasteiger partial charge in [0.25, 0.3) is 0 Å². The largest absolute Gasteiger partial charge is 0.573 e. The minimum atomic E-state index is -4.80. The average Bonchev–Trinajstić information content (AvgIpc) is 2.81. The van der Waals surface area contributed by atoms with Gasteiger partial charge < -0.3 is 25.0 Å². The van der Waals surface area contributed by atoms with E-state index in [0.29, 0.717) is 10.9 Å². The second kappa shape index (κ2) is 11.0. The number of benzene rings is 1. The maximum Gasteiger partial charge on any atom is 0.573 e. The van der Waals surface area contributed by atoms with Crippen LogP contribution < -0.4 is 25.0 Å². The Hall–Kier alpha value is -3.31. The molecule has 1 aliphatic heterocycles. The molecule has 1 saturated heterocycles. The molecule has 4 rings (SSSR count). The molecule has 2 N–H and O–H groups in total. The van der Waals surface area contributed by atoms with E-state index in [1.54, 1.807) is 30.7 Å². The summed E-state index contributed by atoms with van der Waals surface area (Å²) in [5.74, 6) is 0.974. The highest BCUT2D eigenvalue weighted by atomic mass is 35.5. The van der Waals surface area contributed by atoms with E-state index in [1.807, 2.05) is 12.1 Å². The molecule has 7 nitrogen and oxygen atoms in total. The number of thiocarbonyl (C=S) groups is 1. The molecule has 1 aliphatic rings. The molecule has 184 valence electrons. The number of piperidine rings is 1. The molecule has 0 aliphatic carbocycles. The molecule has 0 saturated carbocycles. The van der Waals surface area contributed by atoms with Crippen LogP contribution in [0, 0.1) is 0 Å². The summed E-state index contributed by atoms with van der Waals surface area (Å²) >= 11 is 11.5. The number of hydrogen-bond acceptors (Lipinski definition) is 6. The van der Waals surface area contributed by atoms with Crippen LogP contribution in [0.1, 0.15) is 12.8 Å². The summed E-state index contributed by atoms with van der Waals surface area (Å²) in [5, 5.41) is 7.00. The molecule has 0 unspecified atom stereocenters. The van der Waals surface area contributed by atoms with Crippen molar-refractivity contribution in [3.63, 3.8) is 0 Å². The summed E-state index contributed by atoms with van der Waals surface area (Å²) in [6.07, 6.45) is 1.92. The van der Waals surface area contributed by atoms with Crippen molar-refractivity contribution in [3.05, 3.63) is 66.1 Å². The molecule has 12 heteroatoms. The van der Waals surface area contributed by atoms with E-state index in [4.69, 9.17) is 28.6 Å². The zero-order valence-corrected chi connectivity index (χ0v) is 19.8. The summed E-state index contributed by atoms with van der Waals surface area (Å²) < 4.78 is 46.8. The van der Waals surface area contributed by atoms with E-state index in [2.05, 4.69) is 30.2 Å². The number of nitrogens with one attached hydrogen (secondary N) is 2. The van der Waals surface area contributed by atoms with E-state index >= 15 is 0 Å². The lowest BCUT2D eigenvalue weighted by molar-refractivity contribution is -0.274. The van der Waals surface area contributed by atoms with E-state index < -0.39 is 12.1 Å². The van der Waals surface area contributed by atoms with Gasteiger partial charge in [-0.25, -0.2) is 4.98 Å². The van der Waals surface area contributed by atoms with Crippen molar-refractivity contribution in [3.8, 4) is 17.2 Å². The Labute approximate surface area is 210 Å². The number of ether oxygens (including phenoxy) is 2. The van der Waals surface area contributed by atoms with Crippen molar-refractivity contribution >= 4 is 40.4 Å². The fraction of sp³-hybridized carbons (Fsp3) is 0.261. The Bertz CT molecular complexity index is 1160. The van der Waals surface area contributed by atoms with Gasteiger partial charge in [0.2, 0.25) is 0 Å². The monoisotopic (exact) mass is 523 g/mol. The Morgan fingerprint density at radius 2 is 1.89 bits per heavy atom. The molecule has 35 heavy (non-hydrogen) atoms. The molecule has 1 aromatic carbocycles. The Balaban J connectivity index is 1.31. The summed E-state index contributed by atoms with van der Waals surface area (Å²) in [4.78, 5) is 10.6. The molecule has 3 aromatic rings. The van der Waals surface area contributed by atoms with Crippen LogP contribution in [0.2, 0.25) is 5.02 Å². The molecule has 1 fully saturated rings. The minimum Gasteiger partial charge on any atom is -0.456 e. The molecule has 0 radical (unpaired) electrons. The summed E-state index contributed by atoms with van der Waals surface area (Å²) in [5.41, 5.74) is 0.825. The van der Waals surface area contributed by atoms with Gasteiger partial charge in [0.15, 0.2) is 5.11 Å². The zero-order chi connectivity index (χ0) is 24.8. The van der Waals surface area contributed by atoms with Crippen molar-refractivity contribution in [1.29, 1.82) is 0 Å². The highest BCUT2D eigenvalue weighted by Gasteiger charge is 2.31. The lowest BCUT2D eigenvalue weighted by Crippen LogP contribution is -2.46. The fourth-order valence-electron chi connectivity index (χ4n) is 3.57. The molecular weight excluding hydrogens is 503 g/mol. The van der Waals surface area contributed by atoms with Crippen LogP contribution in [0.4, 0.5) is 24.7 Å². The first kappa shape index (κ1) is 24.8. The lowest BCUT2D eigenvalue weighted by atomic mass is 10.1. The molecule has 3 heterocycles. The lowest BCUT2D eigenvalue weighted by Gasteiger charge is -2.33. The third-order valence-corrected chi connectivity index (χ3v) is 5.67. The van der Waals surface area contributed by atoms with Gasteiger partial charge in [0.1, 0.15) is 23.1 Å². The standard InChI is InChI=1S/C23H21ClF3N5O2S/c24-19-12-18(34-23(25,26)27)3-4-20(19)33-17-5-9-29-21(13-17)32-10-6-15(7-11-32)30-22(35)31-16-2-1-8-28-14-16/h1-5,8-9,12-15H,6-7,10-11H2,(H2,30,31,35). The van der Waals surface area contributed by atoms with Crippen LogP contribution in [0.3, 0.4) is 0 Å². The second-order valence-electron chi connectivity index (χ2n) is 7.69. The topological polar surface area (TPSA) is 71.5 Å². The van der Waals surface area contributed by atoms with Crippen LogP contribution in [0.25, 0.3) is 0 Å². The zero-order valence-electron chi connectivity index (χ0n) is 18.3. The van der Waals surface area contributed by atoms with Gasteiger partial charge in [0, 0.05) is 43.7 Å². The SMILES string of the molecule is FC(F)(F)Oc1ccc(Oc2ccnc(N3CCC(NC(=S)Nc4cccnc4)CC3)c2)c(Cl)c1. The number of nitrogens with zero attached hydrogens (tertiary/aromatic N) is 3. The number of halogens is 4. The fourth-order valence-corrected chi connectivity index (χ4v) is 4.06. The number of aromatic nitrogens is 2. The van der Waals surface area contributed by atoms with E-state index in [1.165, 1.54) is 6.07 Å². The van der Waals surface area contributed by atoms with Crippen LogP contribution in [0.5, 0.6) is 17.2 Å². The first-order chi connectivity index (χ1) is 16.7. The van der Waals surface area contributed by atoms with Crippen LogP contribution in [0.15, 0.2) is 61.1 Å². The highest BCUT2D eigenvalue weighted by Crippen LogP contribution is 2.35. The van der Waals surface area contributed by atoms with Crippen molar-refractivity contribution in [2.45, 2.75) is 25.2 Å². The quantitative estimate of drug-likeness (QED) is 0.394. The maximum absolute atomic E-state index is 12.4. The smallest absolute Gasteiger partial charge is 0.456 e. The maximum atomic E-state index is 12.4. The summed E-state index contributed by atoms with van der Waals surface area (Å²) in [7, 11) is 0. The van der Waals surface area contributed by atoms with Gasteiger partial charge >= 0.3 is 6.36 Å². The van der Waals surface area contributed by atoms with E-state index in [-0.39, 0.29) is 16.8 Å². The van der Waals surface area contributed by atoms with E-state index in [9.17, 15) is 13.2 Å². The van der Waals surface area contributed by atoms with Crippen molar-refractivity contribution < 1.29 is 22.6 Å². The number of rotatable bonds is 6. The highest BCUT2D eigenvalue weighted by molar-refractivity contribution is 7.80. The second-order valence-corrected chi connectivity index (χ2v) is 8.51. The first-order valence-electron chi connectivity index (χ1n) is 10.7. The van der Waals surface area contributed by atoms with Gasteiger partial charge in [-0.05, 0) is 55.4 Å². The predicted octanol–water partition coefficient (Wildman–Crippen LogP) is 5.78. The minimum absolute atomic E-state index is 0.00661. The van der Waals surface area contributed by atoms with E-state index in [0.717, 1.165) is 49.6 Å². The Morgan fingerprint density at radius 1 is 1.09 bits per heavy atom. The average molecular weight is 524 g/mol. The Morgan fingerprint density at radius 3 is 2.57 bits per heavy atom. The van der Waals surface area contributed by atoms with Crippen molar-refractivity contribution in [1.82, 2.24) is 15.3 Å². The van der Waals surface area contributed by atoms with Crippen LogP contribution >= 0.6 is 23.8 Å². The summed E-state index contributed by atoms with van der Waals surface area (Å²) in [6, 6.07) is 10.9. The normalized spacial score (nSPS) is 14.3. The van der Waals surface area contributed by atoms with Crippen LogP contribution in [-0.4, -0.2) is 40.6 Å². The predicted molar refractivity (Wildman–Crippen MR) is 131 cm³/mol. The van der Waals surface area contributed by atoms with Crippen LogP contribution in [-0.2, 0) is 0 Å². The number of hydrogen-bond donors (Lipinski definition) is 2. The molecule has 2 aromatic heterocycles.